The Hall–Kier alpha value is -2.38. The number of amides is 1. The zero-order chi connectivity index (χ0) is 15.1. The third-order valence-electron chi connectivity index (χ3n) is 2.84. The van der Waals surface area contributed by atoms with E-state index < -0.39 is 0 Å². The molecule has 0 aliphatic heterocycles. The van der Waals surface area contributed by atoms with Gasteiger partial charge in [0.1, 0.15) is 11.6 Å². The second-order valence-corrected chi connectivity index (χ2v) is 5.31. The van der Waals surface area contributed by atoms with Crippen molar-refractivity contribution in [3.8, 4) is 6.07 Å². The molecule has 0 fully saturated rings. The van der Waals surface area contributed by atoms with E-state index in [1.165, 1.54) is 0 Å². The Morgan fingerprint density at radius 3 is 2.43 bits per heavy atom. The van der Waals surface area contributed by atoms with Crippen LogP contribution in [0.3, 0.4) is 0 Å². The predicted molar refractivity (Wildman–Crippen MR) is 86.0 cm³/mol. The number of benzene rings is 2. The zero-order valence-corrected chi connectivity index (χ0v) is 12.8. The molecule has 21 heavy (non-hydrogen) atoms. The fourth-order valence-corrected chi connectivity index (χ4v) is 2.01. The molecule has 2 aromatic carbocycles. The SMILES string of the molecule is N#CC(=Cc1ccc(Br)cc1)C(=O)NCc1ccccc1. The van der Waals surface area contributed by atoms with E-state index in [9.17, 15) is 4.79 Å². The van der Waals surface area contributed by atoms with Crippen molar-refractivity contribution in [1.82, 2.24) is 5.32 Å². The summed E-state index contributed by atoms with van der Waals surface area (Å²) in [6.45, 7) is 0.402. The number of halogens is 1. The molecule has 0 spiro atoms. The van der Waals surface area contributed by atoms with Gasteiger partial charge >= 0.3 is 0 Å². The van der Waals surface area contributed by atoms with Crippen LogP contribution in [-0.2, 0) is 11.3 Å². The number of rotatable bonds is 4. The fraction of sp³-hybridized carbons (Fsp3) is 0.0588. The molecule has 0 aliphatic rings. The minimum atomic E-state index is -0.371. The molecule has 1 amide bonds. The van der Waals surface area contributed by atoms with Gasteiger partial charge in [0, 0.05) is 11.0 Å². The molecule has 1 N–H and O–H groups in total. The van der Waals surface area contributed by atoms with Gasteiger partial charge in [0.25, 0.3) is 5.91 Å². The highest BCUT2D eigenvalue weighted by Gasteiger charge is 2.08. The first kappa shape index (κ1) is 15.0. The summed E-state index contributed by atoms with van der Waals surface area (Å²) in [6, 6.07) is 18.9. The standard InChI is InChI=1S/C17H13BrN2O/c18-16-8-6-13(7-9-16)10-15(11-19)17(21)20-12-14-4-2-1-3-5-14/h1-10H,12H2,(H,20,21). The van der Waals surface area contributed by atoms with Gasteiger partial charge in [0.2, 0.25) is 0 Å². The van der Waals surface area contributed by atoms with Gasteiger partial charge in [-0.3, -0.25) is 4.79 Å². The Morgan fingerprint density at radius 2 is 1.81 bits per heavy atom. The summed E-state index contributed by atoms with van der Waals surface area (Å²) in [5.41, 5.74) is 1.89. The van der Waals surface area contributed by atoms with Crippen LogP contribution in [0, 0.1) is 11.3 Å². The van der Waals surface area contributed by atoms with E-state index in [1.807, 2.05) is 60.7 Å². The molecule has 0 radical (unpaired) electrons. The van der Waals surface area contributed by atoms with Gasteiger partial charge in [0.05, 0.1) is 0 Å². The summed E-state index contributed by atoms with van der Waals surface area (Å²) in [7, 11) is 0. The van der Waals surface area contributed by atoms with Crippen molar-refractivity contribution in [2.75, 3.05) is 0 Å². The molecule has 0 atom stereocenters. The van der Waals surface area contributed by atoms with Crippen LogP contribution in [0.2, 0.25) is 0 Å². The maximum atomic E-state index is 12.0. The first-order valence-corrected chi connectivity index (χ1v) is 7.18. The summed E-state index contributed by atoms with van der Waals surface area (Å²) in [4.78, 5) is 12.0. The maximum absolute atomic E-state index is 12.0. The third kappa shape index (κ3) is 4.59. The zero-order valence-electron chi connectivity index (χ0n) is 11.2. The van der Waals surface area contributed by atoms with Gasteiger partial charge in [-0.05, 0) is 29.3 Å². The normalized spacial score (nSPS) is 10.8. The van der Waals surface area contributed by atoms with Crippen molar-refractivity contribution in [3.63, 3.8) is 0 Å². The Balaban J connectivity index is 2.05. The molecule has 0 saturated carbocycles. The molecule has 2 aromatic rings. The van der Waals surface area contributed by atoms with Gasteiger partial charge in [-0.2, -0.15) is 5.26 Å². The van der Waals surface area contributed by atoms with Crippen LogP contribution in [0.15, 0.2) is 64.6 Å². The molecule has 0 aliphatic carbocycles. The number of nitriles is 1. The third-order valence-corrected chi connectivity index (χ3v) is 3.37. The highest BCUT2D eigenvalue weighted by molar-refractivity contribution is 9.10. The van der Waals surface area contributed by atoms with Crippen LogP contribution in [0.5, 0.6) is 0 Å². The van der Waals surface area contributed by atoms with E-state index in [0.29, 0.717) is 6.54 Å². The Kier molecular flexibility index (Phi) is 5.30. The maximum Gasteiger partial charge on any atom is 0.262 e. The molecule has 4 heteroatoms. The van der Waals surface area contributed by atoms with E-state index in [-0.39, 0.29) is 11.5 Å². The Morgan fingerprint density at radius 1 is 1.14 bits per heavy atom. The minimum Gasteiger partial charge on any atom is -0.347 e. The van der Waals surface area contributed by atoms with E-state index in [0.717, 1.165) is 15.6 Å². The van der Waals surface area contributed by atoms with Crippen molar-refractivity contribution in [2.24, 2.45) is 0 Å². The number of hydrogen-bond acceptors (Lipinski definition) is 2. The van der Waals surface area contributed by atoms with Crippen LogP contribution >= 0.6 is 15.9 Å². The molecule has 0 aromatic heterocycles. The van der Waals surface area contributed by atoms with Crippen LogP contribution < -0.4 is 5.32 Å². The van der Waals surface area contributed by atoms with Gasteiger partial charge in [-0.15, -0.1) is 0 Å². The molecular formula is C17H13BrN2O. The second kappa shape index (κ2) is 7.41. The number of carbonyl (C=O) groups is 1. The van der Waals surface area contributed by atoms with Crippen LogP contribution in [0.25, 0.3) is 6.08 Å². The Labute approximate surface area is 132 Å². The lowest BCUT2D eigenvalue weighted by atomic mass is 10.1. The van der Waals surface area contributed by atoms with Crippen LogP contribution in [-0.4, -0.2) is 5.91 Å². The lowest BCUT2D eigenvalue weighted by Crippen LogP contribution is -2.23. The van der Waals surface area contributed by atoms with Crippen molar-refractivity contribution in [1.29, 1.82) is 5.26 Å². The molecule has 2 rings (SSSR count). The second-order valence-electron chi connectivity index (χ2n) is 4.39. The molecular weight excluding hydrogens is 328 g/mol. The van der Waals surface area contributed by atoms with E-state index in [2.05, 4.69) is 21.2 Å². The monoisotopic (exact) mass is 340 g/mol. The molecule has 3 nitrogen and oxygen atoms in total. The quantitative estimate of drug-likeness (QED) is 0.681. The Bertz CT molecular complexity index is 685. The number of hydrogen-bond donors (Lipinski definition) is 1. The van der Waals surface area contributed by atoms with Gasteiger partial charge in [-0.25, -0.2) is 0 Å². The molecule has 0 bridgehead atoms. The van der Waals surface area contributed by atoms with Gasteiger partial charge < -0.3 is 5.32 Å². The average molecular weight is 341 g/mol. The van der Waals surface area contributed by atoms with Gasteiger partial charge in [-0.1, -0.05) is 58.4 Å². The van der Waals surface area contributed by atoms with Crippen molar-refractivity contribution in [2.45, 2.75) is 6.54 Å². The smallest absolute Gasteiger partial charge is 0.262 e. The molecule has 0 unspecified atom stereocenters. The first-order valence-electron chi connectivity index (χ1n) is 6.38. The number of nitrogens with one attached hydrogen (secondary N) is 1. The van der Waals surface area contributed by atoms with E-state index >= 15 is 0 Å². The predicted octanol–water partition coefficient (Wildman–Crippen LogP) is 3.67. The summed E-state index contributed by atoms with van der Waals surface area (Å²) in [6.07, 6.45) is 1.58. The van der Waals surface area contributed by atoms with E-state index in [4.69, 9.17) is 5.26 Å². The van der Waals surface area contributed by atoms with Crippen molar-refractivity contribution < 1.29 is 4.79 Å². The topological polar surface area (TPSA) is 52.9 Å². The lowest BCUT2D eigenvalue weighted by Gasteiger charge is -2.04. The molecule has 104 valence electrons. The summed E-state index contributed by atoms with van der Waals surface area (Å²) in [5.74, 6) is -0.371. The summed E-state index contributed by atoms with van der Waals surface area (Å²) < 4.78 is 0.951. The minimum absolute atomic E-state index is 0.0910. The van der Waals surface area contributed by atoms with Crippen LogP contribution in [0.4, 0.5) is 0 Å². The van der Waals surface area contributed by atoms with Gasteiger partial charge in [0.15, 0.2) is 0 Å². The summed E-state index contributed by atoms with van der Waals surface area (Å²) >= 11 is 3.34. The highest BCUT2D eigenvalue weighted by atomic mass is 79.9. The molecule has 0 saturated heterocycles. The first-order chi connectivity index (χ1) is 10.2. The fourth-order valence-electron chi connectivity index (χ4n) is 1.75. The van der Waals surface area contributed by atoms with Crippen LogP contribution in [0.1, 0.15) is 11.1 Å². The number of nitrogens with zero attached hydrogens (tertiary/aromatic N) is 1. The highest BCUT2D eigenvalue weighted by Crippen LogP contribution is 2.13. The van der Waals surface area contributed by atoms with Crippen molar-refractivity contribution in [3.05, 3.63) is 75.8 Å². The lowest BCUT2D eigenvalue weighted by molar-refractivity contribution is -0.117. The molecule has 0 heterocycles. The van der Waals surface area contributed by atoms with E-state index in [1.54, 1.807) is 6.08 Å². The average Bonchev–Trinajstić information content (AvgIpc) is 2.53. The number of carbonyl (C=O) groups excluding carboxylic acids is 1. The van der Waals surface area contributed by atoms with Crippen molar-refractivity contribution >= 4 is 27.9 Å². The summed E-state index contributed by atoms with van der Waals surface area (Å²) in [5, 5.41) is 11.9. The largest absolute Gasteiger partial charge is 0.347 e.